The van der Waals surface area contributed by atoms with Gasteiger partial charge in [0.2, 0.25) is 5.91 Å². The average Bonchev–Trinajstić information content (AvgIpc) is 3.65. The molecule has 3 atom stereocenters. The van der Waals surface area contributed by atoms with E-state index < -0.39 is 18.2 Å². The summed E-state index contributed by atoms with van der Waals surface area (Å²) in [6.45, 7) is 7.16. The van der Waals surface area contributed by atoms with Crippen molar-refractivity contribution in [3.05, 3.63) is 42.5 Å². The first-order valence-electron chi connectivity index (χ1n) is 13.9. The van der Waals surface area contributed by atoms with Crippen LogP contribution in [0.3, 0.4) is 0 Å². The molecular formula is C29H37N5O5S. The third-order valence-corrected chi connectivity index (χ3v) is 8.87. The third-order valence-electron chi connectivity index (χ3n) is 7.86. The summed E-state index contributed by atoms with van der Waals surface area (Å²) >= 11 is 1.35. The zero-order valence-corrected chi connectivity index (χ0v) is 24.1. The van der Waals surface area contributed by atoms with Crippen molar-refractivity contribution in [2.45, 2.75) is 44.8 Å². The van der Waals surface area contributed by atoms with Crippen LogP contribution in [0, 0.1) is 5.92 Å². The number of rotatable bonds is 6. The Labute approximate surface area is 238 Å². The van der Waals surface area contributed by atoms with Gasteiger partial charge in [0.15, 0.2) is 10.8 Å². The Bertz CT molecular complexity index is 1240. The van der Waals surface area contributed by atoms with Gasteiger partial charge in [-0.3, -0.25) is 9.59 Å². The highest BCUT2D eigenvalue weighted by atomic mass is 32.1. The van der Waals surface area contributed by atoms with Crippen molar-refractivity contribution in [3.8, 4) is 15.5 Å². The number of likely N-dealkylation sites (N-methyl/N-ethyl adjacent to an activating group) is 1. The summed E-state index contributed by atoms with van der Waals surface area (Å²) in [4.78, 5) is 61.2. The van der Waals surface area contributed by atoms with Crippen LogP contribution in [-0.4, -0.2) is 108 Å². The molecule has 3 fully saturated rings. The molecule has 3 saturated heterocycles. The van der Waals surface area contributed by atoms with Gasteiger partial charge >= 0.3 is 12.1 Å². The van der Waals surface area contributed by atoms with Crippen molar-refractivity contribution in [2.24, 2.45) is 5.92 Å². The Morgan fingerprint density at radius 1 is 1.00 bits per heavy atom. The minimum atomic E-state index is -0.838. The molecular weight excluding hydrogens is 530 g/mol. The summed E-state index contributed by atoms with van der Waals surface area (Å²) < 4.78 is 5.54. The SMILES string of the molecule is CC(C)CC(NC(=O)Oc1ccc(-c2ccccc2)s1)C(=O)N1CCC2C1C(=O)CN2C(=O)N1CCN(C)CC1. The van der Waals surface area contributed by atoms with Crippen LogP contribution in [0.25, 0.3) is 10.4 Å². The second-order valence-electron chi connectivity index (χ2n) is 11.2. The number of piperazine rings is 1. The number of nitrogens with zero attached hydrogens (tertiary/aromatic N) is 4. The van der Waals surface area contributed by atoms with E-state index in [1.165, 1.54) is 11.3 Å². The van der Waals surface area contributed by atoms with Crippen molar-refractivity contribution in [1.82, 2.24) is 24.9 Å². The summed E-state index contributed by atoms with van der Waals surface area (Å²) in [5.74, 6) is -0.318. The number of Topliss-reactive ketones (excluding diaryl/α,β-unsaturated/α-hetero) is 1. The van der Waals surface area contributed by atoms with E-state index in [2.05, 4.69) is 10.2 Å². The number of carbonyl (C=O) groups excluding carboxylic acids is 4. The molecule has 1 aromatic carbocycles. The van der Waals surface area contributed by atoms with E-state index >= 15 is 0 Å². The van der Waals surface area contributed by atoms with Crippen LogP contribution in [0.15, 0.2) is 42.5 Å². The van der Waals surface area contributed by atoms with Gasteiger partial charge in [-0.15, -0.1) is 0 Å². The number of fused-ring (bicyclic) bond motifs is 1. The summed E-state index contributed by atoms with van der Waals surface area (Å²) in [6, 6.07) is 11.5. The molecule has 0 aliphatic carbocycles. The molecule has 1 N–H and O–H groups in total. The average molecular weight is 568 g/mol. The van der Waals surface area contributed by atoms with Gasteiger partial charge in [0, 0.05) is 37.6 Å². The number of urea groups is 1. The Morgan fingerprint density at radius 3 is 2.42 bits per heavy atom. The van der Waals surface area contributed by atoms with Crippen molar-refractivity contribution >= 4 is 35.2 Å². The molecule has 1 aromatic heterocycles. The molecule has 0 saturated carbocycles. The second kappa shape index (κ2) is 12.0. The van der Waals surface area contributed by atoms with Gasteiger partial charge < -0.3 is 29.7 Å². The zero-order valence-electron chi connectivity index (χ0n) is 23.2. The summed E-state index contributed by atoms with van der Waals surface area (Å²) in [7, 11) is 2.03. The topological polar surface area (TPSA) is 102 Å². The quantitative estimate of drug-likeness (QED) is 0.576. The predicted molar refractivity (Wildman–Crippen MR) is 152 cm³/mol. The van der Waals surface area contributed by atoms with Crippen molar-refractivity contribution in [2.75, 3.05) is 46.3 Å². The van der Waals surface area contributed by atoms with Gasteiger partial charge in [0.05, 0.1) is 12.6 Å². The first-order valence-corrected chi connectivity index (χ1v) is 14.7. The highest BCUT2D eigenvalue weighted by molar-refractivity contribution is 7.17. The number of hydrogen-bond acceptors (Lipinski definition) is 7. The number of thiophene rings is 1. The number of ether oxygens (including phenoxy) is 1. The summed E-state index contributed by atoms with van der Waals surface area (Å²) in [6.07, 6.45) is 0.234. The first kappa shape index (κ1) is 28.1. The van der Waals surface area contributed by atoms with Crippen LogP contribution in [0.2, 0.25) is 0 Å². The van der Waals surface area contributed by atoms with Crippen molar-refractivity contribution in [1.29, 1.82) is 0 Å². The monoisotopic (exact) mass is 567 g/mol. The van der Waals surface area contributed by atoms with E-state index in [1.807, 2.05) is 57.3 Å². The Morgan fingerprint density at radius 2 is 1.73 bits per heavy atom. The smallest absolute Gasteiger partial charge is 0.399 e. The number of nitrogens with one attached hydrogen (secondary N) is 1. The van der Waals surface area contributed by atoms with Crippen LogP contribution in [0.4, 0.5) is 9.59 Å². The lowest BCUT2D eigenvalue weighted by atomic mass is 10.0. The molecule has 2 aromatic rings. The van der Waals surface area contributed by atoms with Crippen LogP contribution in [-0.2, 0) is 9.59 Å². The van der Waals surface area contributed by atoms with Gasteiger partial charge in [-0.25, -0.2) is 9.59 Å². The standard InChI is InChI=1S/C29H37N5O5S/c1-19(2)17-21(30-28(37)39-25-10-9-24(40-25)20-7-5-4-6-8-20)27(36)33-12-11-22-26(33)23(35)18-34(22)29(38)32-15-13-31(3)14-16-32/h4-10,19,21-22,26H,11-18H2,1-3H3,(H,30,37). The molecule has 0 bridgehead atoms. The number of carbonyl (C=O) groups is 4. The number of benzene rings is 1. The Kier molecular flexibility index (Phi) is 8.41. The fraction of sp³-hybridized carbons (Fsp3) is 0.517. The van der Waals surface area contributed by atoms with Gasteiger partial charge in [-0.05, 0) is 43.5 Å². The highest BCUT2D eigenvalue weighted by Gasteiger charge is 2.53. The van der Waals surface area contributed by atoms with E-state index in [1.54, 1.807) is 20.8 Å². The van der Waals surface area contributed by atoms with Gasteiger partial charge in [0.25, 0.3) is 0 Å². The van der Waals surface area contributed by atoms with E-state index in [4.69, 9.17) is 4.74 Å². The summed E-state index contributed by atoms with van der Waals surface area (Å²) in [5, 5.41) is 3.18. The minimum absolute atomic E-state index is 0.0106. The lowest BCUT2D eigenvalue weighted by Crippen LogP contribution is -2.54. The fourth-order valence-electron chi connectivity index (χ4n) is 5.79. The molecule has 10 nitrogen and oxygen atoms in total. The van der Waals surface area contributed by atoms with Crippen molar-refractivity contribution in [3.63, 3.8) is 0 Å². The van der Waals surface area contributed by atoms with Gasteiger partial charge in [0.1, 0.15) is 12.1 Å². The number of amides is 4. The molecule has 3 aliphatic heterocycles. The molecule has 40 heavy (non-hydrogen) atoms. The largest absolute Gasteiger partial charge is 0.414 e. The van der Waals surface area contributed by atoms with Gasteiger partial charge in [-0.1, -0.05) is 55.5 Å². The summed E-state index contributed by atoms with van der Waals surface area (Å²) in [5.41, 5.74) is 1.03. The molecule has 4 heterocycles. The zero-order chi connectivity index (χ0) is 28.4. The maximum Gasteiger partial charge on any atom is 0.414 e. The Balaban J connectivity index is 1.23. The molecule has 4 amide bonds. The maximum atomic E-state index is 13.7. The van der Waals surface area contributed by atoms with Crippen LogP contribution < -0.4 is 10.1 Å². The van der Waals surface area contributed by atoms with E-state index in [-0.39, 0.29) is 36.2 Å². The van der Waals surface area contributed by atoms with Crippen LogP contribution in [0.5, 0.6) is 5.06 Å². The molecule has 11 heteroatoms. The molecule has 3 aliphatic rings. The molecule has 5 rings (SSSR count). The second-order valence-corrected chi connectivity index (χ2v) is 12.2. The van der Waals surface area contributed by atoms with Crippen LogP contribution >= 0.6 is 11.3 Å². The number of ketones is 1. The number of likely N-dealkylation sites (tertiary alicyclic amines) is 2. The van der Waals surface area contributed by atoms with E-state index in [0.717, 1.165) is 23.5 Å². The van der Waals surface area contributed by atoms with Crippen LogP contribution in [0.1, 0.15) is 26.7 Å². The fourth-order valence-corrected chi connectivity index (χ4v) is 6.65. The van der Waals surface area contributed by atoms with Gasteiger partial charge in [-0.2, -0.15) is 0 Å². The maximum absolute atomic E-state index is 13.7. The molecule has 214 valence electrons. The Hall–Kier alpha value is -3.44. The van der Waals surface area contributed by atoms with E-state index in [9.17, 15) is 19.2 Å². The third kappa shape index (κ3) is 6.00. The predicted octanol–water partition coefficient (Wildman–Crippen LogP) is 3.14. The minimum Gasteiger partial charge on any atom is -0.399 e. The normalized spacial score (nSPS) is 22.0. The molecule has 0 radical (unpaired) electrons. The first-order chi connectivity index (χ1) is 19.2. The molecule has 0 spiro atoms. The van der Waals surface area contributed by atoms with Crippen molar-refractivity contribution < 1.29 is 23.9 Å². The number of hydrogen-bond donors (Lipinski definition) is 1. The lowest BCUT2D eigenvalue weighted by Gasteiger charge is -2.36. The lowest BCUT2D eigenvalue weighted by molar-refractivity contribution is -0.138. The highest BCUT2D eigenvalue weighted by Crippen LogP contribution is 2.34. The molecule has 3 unspecified atom stereocenters. The van der Waals surface area contributed by atoms with E-state index in [0.29, 0.717) is 37.5 Å².